The SMILES string of the molecule is C=CC1C[N@+]2(CC(=O)Nc3ccccc3-c3ccccc3)CCC1CC2C(O)c1ccnc2ccccc12.[Br-]. The Hall–Kier alpha value is -3.32. The molecule has 4 heterocycles. The molecule has 200 valence electrons. The number of aliphatic hydroxyl groups excluding tert-OH is 1. The lowest BCUT2D eigenvalue weighted by Crippen LogP contribution is -3.00. The number of nitrogens with zero attached hydrogens (tertiary/aromatic N) is 2. The second-order valence-corrected chi connectivity index (χ2v) is 10.9. The fourth-order valence-corrected chi connectivity index (χ4v) is 6.90. The van der Waals surface area contributed by atoms with Crippen molar-refractivity contribution in [1.29, 1.82) is 0 Å². The average Bonchev–Trinajstić information content (AvgIpc) is 2.97. The van der Waals surface area contributed by atoms with Gasteiger partial charge < -0.3 is 31.9 Å². The highest BCUT2D eigenvalue weighted by Gasteiger charge is 2.54. The number of pyridine rings is 1. The van der Waals surface area contributed by atoms with Gasteiger partial charge in [-0.1, -0.05) is 72.8 Å². The highest BCUT2D eigenvalue weighted by Crippen LogP contribution is 2.47. The topological polar surface area (TPSA) is 62.2 Å². The zero-order valence-corrected chi connectivity index (χ0v) is 23.5. The van der Waals surface area contributed by atoms with Crippen molar-refractivity contribution in [3.8, 4) is 11.1 Å². The molecule has 0 saturated carbocycles. The minimum atomic E-state index is -0.680. The first-order valence-corrected chi connectivity index (χ1v) is 13.5. The quantitative estimate of drug-likeness (QED) is 0.260. The van der Waals surface area contributed by atoms with E-state index in [0.29, 0.717) is 22.9 Å². The third-order valence-electron chi connectivity index (χ3n) is 8.79. The van der Waals surface area contributed by atoms with Gasteiger partial charge in [-0.2, -0.15) is 0 Å². The number of fused-ring (bicyclic) bond motifs is 4. The van der Waals surface area contributed by atoms with Crippen molar-refractivity contribution in [3.05, 3.63) is 109 Å². The predicted octanol–water partition coefficient (Wildman–Crippen LogP) is 2.99. The summed E-state index contributed by atoms with van der Waals surface area (Å²) in [4.78, 5) is 18.2. The lowest BCUT2D eigenvalue weighted by atomic mass is 9.71. The number of benzene rings is 3. The first kappa shape index (κ1) is 27.3. The number of piperidine rings is 3. The summed E-state index contributed by atoms with van der Waals surface area (Å²) >= 11 is 0. The number of rotatable bonds is 7. The minimum absolute atomic E-state index is 0. The summed E-state index contributed by atoms with van der Waals surface area (Å²) in [5.41, 5.74) is 4.66. The van der Waals surface area contributed by atoms with Crippen molar-refractivity contribution in [3.63, 3.8) is 0 Å². The molecule has 5 atom stereocenters. The van der Waals surface area contributed by atoms with Crippen LogP contribution in [-0.2, 0) is 4.79 Å². The molecule has 7 rings (SSSR count). The molecule has 1 amide bonds. The number of hydrogen-bond acceptors (Lipinski definition) is 3. The molecule has 3 aliphatic rings. The van der Waals surface area contributed by atoms with Crippen molar-refractivity contribution in [2.24, 2.45) is 11.8 Å². The van der Waals surface area contributed by atoms with Gasteiger partial charge in [-0.25, -0.2) is 0 Å². The van der Waals surface area contributed by atoms with E-state index in [2.05, 4.69) is 35.1 Å². The number of amides is 1. The number of carbonyl (C=O) groups is 1. The van der Waals surface area contributed by atoms with Crippen molar-refractivity contribution < 1.29 is 31.4 Å². The molecular formula is C33H34BrN3O2. The third kappa shape index (κ3) is 5.17. The molecule has 3 fully saturated rings. The van der Waals surface area contributed by atoms with E-state index >= 15 is 0 Å². The molecule has 6 heteroatoms. The van der Waals surface area contributed by atoms with Crippen LogP contribution in [0.3, 0.4) is 0 Å². The van der Waals surface area contributed by atoms with Crippen molar-refractivity contribution >= 4 is 22.5 Å². The van der Waals surface area contributed by atoms with Crippen molar-refractivity contribution in [2.45, 2.75) is 25.0 Å². The Labute approximate surface area is 240 Å². The number of aromatic nitrogens is 1. The molecule has 3 saturated heterocycles. The van der Waals surface area contributed by atoms with Gasteiger partial charge in [0.05, 0.1) is 18.6 Å². The second-order valence-electron chi connectivity index (χ2n) is 10.9. The van der Waals surface area contributed by atoms with Gasteiger partial charge in [-0.15, -0.1) is 6.58 Å². The summed E-state index contributed by atoms with van der Waals surface area (Å²) in [6.07, 6.45) is 5.08. The summed E-state index contributed by atoms with van der Waals surface area (Å²) in [5.74, 6) is 0.821. The molecule has 0 spiro atoms. The Bertz CT molecular complexity index is 1470. The number of hydrogen-bond donors (Lipinski definition) is 2. The Morgan fingerprint density at radius 2 is 1.79 bits per heavy atom. The zero-order chi connectivity index (χ0) is 26.1. The summed E-state index contributed by atoms with van der Waals surface area (Å²) in [5, 5.41) is 16.1. The van der Waals surface area contributed by atoms with E-state index in [1.807, 2.05) is 72.8 Å². The molecule has 0 aliphatic carbocycles. The first-order chi connectivity index (χ1) is 18.6. The van der Waals surface area contributed by atoms with E-state index < -0.39 is 6.10 Å². The molecule has 0 radical (unpaired) electrons. The molecule has 3 aliphatic heterocycles. The highest BCUT2D eigenvalue weighted by atomic mass is 79.9. The van der Waals surface area contributed by atoms with E-state index in [1.165, 1.54) is 0 Å². The molecular weight excluding hydrogens is 550 g/mol. The van der Waals surface area contributed by atoms with E-state index in [1.54, 1.807) is 6.20 Å². The van der Waals surface area contributed by atoms with E-state index in [4.69, 9.17) is 0 Å². The normalized spacial score (nSPS) is 24.5. The largest absolute Gasteiger partial charge is 1.00 e. The predicted molar refractivity (Wildman–Crippen MR) is 152 cm³/mol. The maximum Gasteiger partial charge on any atom is 0.279 e. The third-order valence-corrected chi connectivity index (χ3v) is 8.79. The van der Waals surface area contributed by atoms with Gasteiger partial charge in [-0.05, 0) is 35.2 Å². The summed E-state index contributed by atoms with van der Waals surface area (Å²) in [6.45, 7) is 6.15. The monoisotopic (exact) mass is 583 g/mol. The molecule has 2 bridgehead atoms. The van der Waals surface area contributed by atoms with Crippen LogP contribution in [0.5, 0.6) is 0 Å². The summed E-state index contributed by atoms with van der Waals surface area (Å²) < 4.78 is 0.574. The second kappa shape index (κ2) is 11.4. The summed E-state index contributed by atoms with van der Waals surface area (Å²) in [6, 6.07) is 27.9. The number of aliphatic hydroxyl groups is 1. The Morgan fingerprint density at radius 3 is 2.62 bits per heavy atom. The number of quaternary nitrogens is 1. The van der Waals surface area contributed by atoms with Crippen LogP contribution in [-0.4, -0.2) is 46.2 Å². The maximum absolute atomic E-state index is 13.7. The van der Waals surface area contributed by atoms with Gasteiger partial charge in [0.1, 0.15) is 12.1 Å². The van der Waals surface area contributed by atoms with Crippen LogP contribution in [0.1, 0.15) is 24.5 Å². The van der Waals surface area contributed by atoms with Gasteiger partial charge in [0.25, 0.3) is 5.91 Å². The van der Waals surface area contributed by atoms with Crippen LogP contribution in [0, 0.1) is 11.8 Å². The van der Waals surface area contributed by atoms with Gasteiger partial charge in [-0.3, -0.25) is 9.78 Å². The van der Waals surface area contributed by atoms with Crippen LogP contribution in [0.4, 0.5) is 5.69 Å². The van der Waals surface area contributed by atoms with Crippen molar-refractivity contribution in [2.75, 3.05) is 25.0 Å². The Balaban J connectivity index is 0.00000308. The standard InChI is InChI=1S/C33H33N3O2.BrH/c1-2-23-21-36(22-32(37)35-30-15-9-6-12-26(30)24-10-4-3-5-11-24)19-17-25(23)20-31(36)33(38)28-16-18-34-29-14-8-7-13-27(28)29;/h2-16,18,23,25,31,33,38H,1,17,19-22H2;1H/t23?,25?,31?,33?,36-;/m0./s1. The molecule has 4 unspecified atom stereocenters. The number of carbonyl (C=O) groups excluding carboxylic acids is 1. The lowest BCUT2D eigenvalue weighted by molar-refractivity contribution is -0.966. The van der Waals surface area contributed by atoms with E-state index in [9.17, 15) is 9.90 Å². The molecule has 5 nitrogen and oxygen atoms in total. The molecule has 1 aromatic heterocycles. The number of anilines is 1. The van der Waals surface area contributed by atoms with Gasteiger partial charge in [0.2, 0.25) is 0 Å². The van der Waals surface area contributed by atoms with Gasteiger partial charge in [0, 0.05) is 41.6 Å². The smallest absolute Gasteiger partial charge is 0.279 e. The van der Waals surface area contributed by atoms with Crippen molar-refractivity contribution in [1.82, 2.24) is 4.98 Å². The number of nitrogens with one attached hydrogen (secondary N) is 1. The fourth-order valence-electron chi connectivity index (χ4n) is 6.90. The van der Waals surface area contributed by atoms with Crippen LogP contribution >= 0.6 is 0 Å². The summed E-state index contributed by atoms with van der Waals surface area (Å²) in [7, 11) is 0. The van der Waals surface area contributed by atoms with Crippen LogP contribution in [0.2, 0.25) is 0 Å². The minimum Gasteiger partial charge on any atom is -1.00 e. The molecule has 3 aromatic carbocycles. The fraction of sp³-hybridized carbons (Fsp3) is 0.273. The highest BCUT2D eigenvalue weighted by molar-refractivity contribution is 5.96. The zero-order valence-electron chi connectivity index (χ0n) is 21.9. The first-order valence-electron chi connectivity index (χ1n) is 13.5. The van der Waals surface area contributed by atoms with E-state index in [-0.39, 0.29) is 28.9 Å². The van der Waals surface area contributed by atoms with Crippen LogP contribution in [0.25, 0.3) is 22.0 Å². The van der Waals surface area contributed by atoms with Crippen LogP contribution in [0.15, 0.2) is 104 Å². The van der Waals surface area contributed by atoms with Gasteiger partial charge in [0.15, 0.2) is 6.54 Å². The van der Waals surface area contributed by atoms with Gasteiger partial charge >= 0.3 is 0 Å². The molecule has 39 heavy (non-hydrogen) atoms. The maximum atomic E-state index is 13.7. The lowest BCUT2D eigenvalue weighted by Gasteiger charge is -2.57. The number of para-hydroxylation sites is 2. The Morgan fingerprint density at radius 1 is 1.05 bits per heavy atom. The van der Waals surface area contributed by atoms with Crippen LogP contribution < -0.4 is 22.3 Å². The number of halogens is 1. The average molecular weight is 585 g/mol. The Kier molecular flexibility index (Phi) is 7.98. The molecule has 2 N–H and O–H groups in total. The van der Waals surface area contributed by atoms with E-state index in [0.717, 1.165) is 59.2 Å². The molecule has 4 aromatic rings.